The first-order valence-electron chi connectivity index (χ1n) is 11.4. The van der Waals surface area contributed by atoms with Gasteiger partial charge in [0.2, 0.25) is 10.0 Å². The van der Waals surface area contributed by atoms with Gasteiger partial charge in [-0.05, 0) is 90.5 Å². The number of nitrogens with zero attached hydrogens (tertiary/aromatic N) is 1. The predicted octanol–water partition coefficient (Wildman–Crippen LogP) is 5.61. The highest BCUT2D eigenvalue weighted by Gasteiger charge is 2.19. The van der Waals surface area contributed by atoms with Crippen LogP contribution in [0.25, 0.3) is 0 Å². The van der Waals surface area contributed by atoms with Crippen LogP contribution < -0.4 is 14.3 Å². The maximum atomic E-state index is 13.2. The van der Waals surface area contributed by atoms with Crippen LogP contribution in [0.4, 0.5) is 21.5 Å². The molecule has 0 aromatic heterocycles. The van der Waals surface area contributed by atoms with Crippen molar-refractivity contribution in [1.82, 2.24) is 0 Å². The third-order valence-electron chi connectivity index (χ3n) is 5.58. The summed E-state index contributed by atoms with van der Waals surface area (Å²) in [6.07, 6.45) is 1.06. The second-order valence-corrected chi connectivity index (χ2v) is 13.0. The first-order chi connectivity index (χ1) is 18.4. The van der Waals surface area contributed by atoms with Crippen molar-refractivity contribution in [2.24, 2.45) is 0 Å². The molecule has 0 aliphatic carbocycles. The lowest BCUT2D eigenvalue weighted by atomic mass is 10.1. The zero-order valence-electron chi connectivity index (χ0n) is 20.5. The van der Waals surface area contributed by atoms with E-state index in [1.165, 1.54) is 72.8 Å². The predicted molar refractivity (Wildman–Crippen MR) is 153 cm³/mol. The number of benzene rings is 4. The molecule has 0 atom stereocenters. The number of sulfonamides is 2. The van der Waals surface area contributed by atoms with Crippen molar-refractivity contribution < 1.29 is 26.0 Å². The first-order valence-corrected chi connectivity index (χ1v) is 15.6. The van der Waals surface area contributed by atoms with E-state index in [0.717, 1.165) is 15.0 Å². The molecule has 12 heteroatoms. The number of halogens is 2. The number of rotatable bonds is 9. The topological polar surface area (TPSA) is 113 Å². The normalized spacial score (nSPS) is 11.6. The summed E-state index contributed by atoms with van der Waals surface area (Å²) in [4.78, 5) is 12.8. The van der Waals surface area contributed by atoms with Crippen LogP contribution in [0.5, 0.6) is 0 Å². The van der Waals surface area contributed by atoms with Gasteiger partial charge in [-0.25, -0.2) is 21.2 Å². The van der Waals surface area contributed by atoms with E-state index in [-0.39, 0.29) is 17.0 Å². The molecule has 0 saturated heterocycles. The van der Waals surface area contributed by atoms with E-state index in [9.17, 15) is 26.0 Å². The van der Waals surface area contributed by atoms with Crippen molar-refractivity contribution in [2.45, 2.75) is 11.4 Å². The third-order valence-corrected chi connectivity index (χ3v) is 8.64. The summed E-state index contributed by atoms with van der Waals surface area (Å²) in [7, 11) is -7.49. The Bertz CT molecular complexity index is 1680. The second-order valence-electron chi connectivity index (χ2n) is 8.53. The van der Waals surface area contributed by atoms with Crippen molar-refractivity contribution in [1.29, 1.82) is 0 Å². The SMILES string of the molecule is CS(=O)(=O)N(Cc1ccc(F)cc1)c1ccc(C(=O)Nc2ccc(S(=O)(=O)Nc3ccc(Br)cc3)cc2)cc1. The van der Waals surface area contributed by atoms with Gasteiger partial charge in [-0.1, -0.05) is 28.1 Å². The van der Waals surface area contributed by atoms with E-state index >= 15 is 0 Å². The van der Waals surface area contributed by atoms with Crippen molar-refractivity contribution in [3.8, 4) is 0 Å². The summed E-state index contributed by atoms with van der Waals surface area (Å²) >= 11 is 3.30. The lowest BCUT2D eigenvalue weighted by Crippen LogP contribution is -2.29. The highest BCUT2D eigenvalue weighted by Crippen LogP contribution is 2.23. The fourth-order valence-electron chi connectivity index (χ4n) is 3.59. The molecule has 8 nitrogen and oxygen atoms in total. The standard InChI is InChI=1S/C27H23BrFN3O5S2/c1-38(34,35)32(18-19-2-8-22(29)9-3-19)25-14-4-20(5-15-25)27(33)30-23-12-16-26(17-13-23)39(36,37)31-24-10-6-21(28)7-11-24/h2-17,31H,18H2,1H3,(H,30,33). The van der Waals surface area contributed by atoms with Gasteiger partial charge in [-0.15, -0.1) is 0 Å². The molecule has 4 aromatic rings. The van der Waals surface area contributed by atoms with Crippen LogP contribution in [0.3, 0.4) is 0 Å². The number of hydrogen-bond donors (Lipinski definition) is 2. The van der Waals surface area contributed by atoms with Gasteiger partial charge in [0, 0.05) is 21.4 Å². The molecule has 1 amide bonds. The number of anilines is 3. The average molecular weight is 633 g/mol. The first kappa shape index (κ1) is 28.3. The number of nitrogens with one attached hydrogen (secondary N) is 2. The molecule has 0 aliphatic heterocycles. The molecule has 0 aliphatic rings. The van der Waals surface area contributed by atoms with Crippen LogP contribution in [0.1, 0.15) is 15.9 Å². The zero-order valence-corrected chi connectivity index (χ0v) is 23.7. The minimum Gasteiger partial charge on any atom is -0.322 e. The lowest BCUT2D eigenvalue weighted by Gasteiger charge is -2.22. The van der Waals surface area contributed by atoms with E-state index in [1.54, 1.807) is 24.3 Å². The van der Waals surface area contributed by atoms with E-state index in [1.807, 2.05) is 0 Å². The molecular weight excluding hydrogens is 609 g/mol. The molecule has 202 valence electrons. The van der Waals surface area contributed by atoms with Gasteiger partial charge in [0.1, 0.15) is 5.82 Å². The summed E-state index contributed by atoms with van der Waals surface area (Å²) in [6.45, 7) is -0.00338. The highest BCUT2D eigenvalue weighted by molar-refractivity contribution is 9.10. The molecule has 39 heavy (non-hydrogen) atoms. The molecule has 0 saturated carbocycles. The van der Waals surface area contributed by atoms with Gasteiger partial charge < -0.3 is 5.32 Å². The minimum absolute atomic E-state index is 0.00338. The van der Waals surface area contributed by atoms with Crippen LogP contribution in [-0.4, -0.2) is 29.0 Å². The Morgan fingerprint density at radius 3 is 1.92 bits per heavy atom. The van der Waals surface area contributed by atoms with Crippen molar-refractivity contribution >= 4 is 58.9 Å². The third kappa shape index (κ3) is 7.43. The number of hydrogen-bond acceptors (Lipinski definition) is 5. The Balaban J connectivity index is 1.44. The van der Waals surface area contributed by atoms with E-state index < -0.39 is 31.8 Å². The van der Waals surface area contributed by atoms with Crippen LogP contribution >= 0.6 is 15.9 Å². The fraction of sp³-hybridized carbons (Fsp3) is 0.0741. The molecule has 0 radical (unpaired) electrons. The van der Waals surface area contributed by atoms with Crippen molar-refractivity contribution in [3.63, 3.8) is 0 Å². The molecule has 4 aromatic carbocycles. The molecule has 4 rings (SSSR count). The van der Waals surface area contributed by atoms with Gasteiger partial charge in [-0.2, -0.15) is 0 Å². The van der Waals surface area contributed by atoms with Gasteiger partial charge in [-0.3, -0.25) is 13.8 Å². The Morgan fingerprint density at radius 2 is 1.36 bits per heavy atom. The summed E-state index contributed by atoms with van der Waals surface area (Å²) < 4.78 is 67.8. The van der Waals surface area contributed by atoms with Crippen LogP contribution in [-0.2, 0) is 26.6 Å². The van der Waals surface area contributed by atoms with Gasteiger partial charge in [0.25, 0.3) is 15.9 Å². The highest BCUT2D eigenvalue weighted by atomic mass is 79.9. The molecule has 0 fully saturated rings. The lowest BCUT2D eigenvalue weighted by molar-refractivity contribution is 0.102. The van der Waals surface area contributed by atoms with Crippen molar-refractivity contribution in [3.05, 3.63) is 118 Å². The van der Waals surface area contributed by atoms with E-state index in [4.69, 9.17) is 0 Å². The van der Waals surface area contributed by atoms with Gasteiger partial charge >= 0.3 is 0 Å². The number of carbonyl (C=O) groups is 1. The average Bonchev–Trinajstić information content (AvgIpc) is 2.89. The van der Waals surface area contributed by atoms with E-state index in [2.05, 4.69) is 26.0 Å². The molecule has 0 bridgehead atoms. The quantitative estimate of drug-likeness (QED) is 0.249. The largest absolute Gasteiger partial charge is 0.322 e. The summed E-state index contributed by atoms with van der Waals surface area (Å²) in [5.41, 5.74) is 1.99. The van der Waals surface area contributed by atoms with Crippen LogP contribution in [0.15, 0.2) is 106 Å². The van der Waals surface area contributed by atoms with Gasteiger partial charge in [0.05, 0.1) is 23.4 Å². The smallest absolute Gasteiger partial charge is 0.261 e. The number of carbonyl (C=O) groups excluding carboxylic acids is 1. The zero-order chi connectivity index (χ0) is 28.2. The minimum atomic E-state index is -3.82. The maximum Gasteiger partial charge on any atom is 0.261 e. The molecule has 0 heterocycles. The van der Waals surface area contributed by atoms with E-state index in [0.29, 0.717) is 22.6 Å². The molecule has 0 spiro atoms. The molecular formula is C27H23BrFN3O5S2. The van der Waals surface area contributed by atoms with Crippen molar-refractivity contribution in [2.75, 3.05) is 20.6 Å². The Hall–Kier alpha value is -3.74. The molecule has 2 N–H and O–H groups in total. The van der Waals surface area contributed by atoms with Crippen LogP contribution in [0.2, 0.25) is 0 Å². The Labute approximate surface area is 234 Å². The summed E-state index contributed by atoms with van der Waals surface area (Å²) in [6, 6.07) is 23.8. The summed E-state index contributed by atoms with van der Waals surface area (Å²) in [5, 5.41) is 2.69. The monoisotopic (exact) mass is 631 g/mol. The number of amides is 1. The van der Waals surface area contributed by atoms with Gasteiger partial charge in [0.15, 0.2) is 0 Å². The molecule has 0 unspecified atom stereocenters. The maximum absolute atomic E-state index is 13.2. The summed E-state index contributed by atoms with van der Waals surface area (Å²) in [5.74, 6) is -0.886. The second kappa shape index (κ2) is 11.6. The Morgan fingerprint density at radius 1 is 0.795 bits per heavy atom. The fourth-order valence-corrected chi connectivity index (χ4v) is 5.80. The van der Waals surface area contributed by atoms with Crippen LogP contribution in [0, 0.1) is 5.82 Å². The Kier molecular flexibility index (Phi) is 8.38.